The Labute approximate surface area is 235 Å². The van der Waals surface area contributed by atoms with E-state index >= 15 is 0 Å². The van der Waals surface area contributed by atoms with E-state index in [0.29, 0.717) is 29.4 Å². The Morgan fingerprint density at radius 3 is 2.20 bits per heavy atom. The van der Waals surface area contributed by atoms with Gasteiger partial charge in [0.15, 0.2) is 0 Å². The maximum Gasteiger partial charge on any atom is 0.295 e. The Morgan fingerprint density at radius 2 is 1.62 bits per heavy atom. The van der Waals surface area contributed by atoms with Crippen molar-refractivity contribution < 1.29 is 29.3 Å². The standard InChI is InChI=1S/C33H37NO6/c1-20(2)19-40-25-14-7-21(8-15-25)18-34-29(22-9-12-24(35)13-10-22)28(31(37)32(34)38)30(36)26-17-23(33(3,4)5)11-16-27(26)39-6/h7-17,20,29,35-36H,18-19H2,1-6H3/b30-28+. The largest absolute Gasteiger partial charge is 0.508 e. The van der Waals surface area contributed by atoms with Crippen LogP contribution in [0.3, 0.4) is 0 Å². The lowest BCUT2D eigenvalue weighted by Crippen LogP contribution is -2.29. The molecule has 7 heteroatoms. The van der Waals surface area contributed by atoms with Gasteiger partial charge in [0.25, 0.3) is 11.7 Å². The fourth-order valence-electron chi connectivity index (χ4n) is 4.70. The Balaban J connectivity index is 1.81. The van der Waals surface area contributed by atoms with Gasteiger partial charge in [-0.3, -0.25) is 9.59 Å². The lowest BCUT2D eigenvalue weighted by molar-refractivity contribution is -0.140. The number of carbonyl (C=O) groups is 2. The Hall–Kier alpha value is -4.26. The van der Waals surface area contributed by atoms with Crippen molar-refractivity contribution in [3.05, 3.63) is 94.6 Å². The van der Waals surface area contributed by atoms with Gasteiger partial charge in [-0.2, -0.15) is 0 Å². The summed E-state index contributed by atoms with van der Waals surface area (Å²) in [6.45, 7) is 11.0. The van der Waals surface area contributed by atoms with Crippen molar-refractivity contribution in [3.8, 4) is 17.2 Å². The predicted molar refractivity (Wildman–Crippen MR) is 154 cm³/mol. The number of ether oxygens (including phenoxy) is 2. The van der Waals surface area contributed by atoms with E-state index in [1.165, 1.54) is 24.1 Å². The highest BCUT2D eigenvalue weighted by atomic mass is 16.5. The fraction of sp³-hybridized carbons (Fsp3) is 0.333. The van der Waals surface area contributed by atoms with E-state index in [-0.39, 0.29) is 29.0 Å². The van der Waals surface area contributed by atoms with Gasteiger partial charge in [0.1, 0.15) is 23.0 Å². The number of ketones is 1. The molecule has 1 aliphatic rings. The number of aromatic hydroxyl groups is 1. The van der Waals surface area contributed by atoms with Crippen molar-refractivity contribution >= 4 is 17.4 Å². The zero-order chi connectivity index (χ0) is 29.2. The van der Waals surface area contributed by atoms with Crippen molar-refractivity contribution in [2.45, 2.75) is 52.6 Å². The van der Waals surface area contributed by atoms with E-state index in [9.17, 15) is 19.8 Å². The van der Waals surface area contributed by atoms with Crippen LogP contribution < -0.4 is 9.47 Å². The molecule has 1 amide bonds. The van der Waals surface area contributed by atoms with Crippen LogP contribution >= 0.6 is 0 Å². The second-order valence-electron chi connectivity index (χ2n) is 11.5. The number of Topliss-reactive ketones (excluding diaryl/α,β-unsaturated/α-hetero) is 1. The van der Waals surface area contributed by atoms with Gasteiger partial charge in [-0.25, -0.2) is 0 Å². The van der Waals surface area contributed by atoms with Crippen LogP contribution in [0.2, 0.25) is 0 Å². The minimum atomic E-state index is -0.875. The zero-order valence-corrected chi connectivity index (χ0v) is 23.9. The molecule has 0 radical (unpaired) electrons. The van der Waals surface area contributed by atoms with Crippen LogP contribution in [-0.2, 0) is 21.5 Å². The molecule has 1 saturated heterocycles. The van der Waals surface area contributed by atoms with Crippen molar-refractivity contribution in [1.82, 2.24) is 4.90 Å². The molecule has 1 fully saturated rings. The molecule has 0 spiro atoms. The monoisotopic (exact) mass is 543 g/mol. The van der Waals surface area contributed by atoms with Crippen molar-refractivity contribution in [2.24, 2.45) is 5.92 Å². The number of hydrogen-bond acceptors (Lipinski definition) is 6. The number of aliphatic hydroxyl groups is 1. The van der Waals surface area contributed by atoms with Crippen molar-refractivity contribution in [2.75, 3.05) is 13.7 Å². The van der Waals surface area contributed by atoms with E-state index in [1.54, 1.807) is 24.3 Å². The molecule has 0 saturated carbocycles. The maximum absolute atomic E-state index is 13.5. The molecular formula is C33H37NO6. The Morgan fingerprint density at radius 1 is 0.975 bits per heavy atom. The minimum absolute atomic E-state index is 0.0306. The molecular weight excluding hydrogens is 506 g/mol. The van der Waals surface area contributed by atoms with E-state index in [1.807, 2.05) is 51.1 Å². The molecule has 4 rings (SSSR count). The number of hydrogen-bond donors (Lipinski definition) is 2. The summed E-state index contributed by atoms with van der Waals surface area (Å²) in [7, 11) is 1.49. The second-order valence-corrected chi connectivity index (χ2v) is 11.5. The minimum Gasteiger partial charge on any atom is -0.508 e. The predicted octanol–water partition coefficient (Wildman–Crippen LogP) is 6.36. The smallest absolute Gasteiger partial charge is 0.295 e. The fourth-order valence-corrected chi connectivity index (χ4v) is 4.70. The molecule has 0 aromatic heterocycles. The van der Waals surface area contributed by atoms with Crippen LogP contribution in [-0.4, -0.2) is 40.5 Å². The van der Waals surface area contributed by atoms with Gasteiger partial charge in [-0.05, 0) is 64.4 Å². The molecule has 0 bridgehead atoms. The highest BCUT2D eigenvalue weighted by Gasteiger charge is 2.46. The molecule has 1 heterocycles. The van der Waals surface area contributed by atoms with Crippen LogP contribution in [0.5, 0.6) is 17.2 Å². The van der Waals surface area contributed by atoms with Crippen molar-refractivity contribution in [3.63, 3.8) is 0 Å². The van der Waals surface area contributed by atoms with Crippen LogP contribution in [0, 0.1) is 5.92 Å². The number of carbonyl (C=O) groups excluding carboxylic acids is 2. The molecule has 210 valence electrons. The van der Waals surface area contributed by atoms with Crippen LogP contribution in [0.25, 0.3) is 5.76 Å². The lowest BCUT2D eigenvalue weighted by atomic mass is 9.85. The molecule has 3 aromatic rings. The number of phenolic OH excluding ortho intramolecular Hbond substituents is 1. The summed E-state index contributed by atoms with van der Waals surface area (Å²) in [5, 5.41) is 21.6. The first-order valence-electron chi connectivity index (χ1n) is 13.4. The number of aliphatic hydroxyl groups excluding tert-OH is 1. The van der Waals surface area contributed by atoms with Crippen LogP contribution in [0.1, 0.15) is 62.9 Å². The quantitative estimate of drug-likeness (QED) is 0.195. The molecule has 1 atom stereocenters. The summed E-state index contributed by atoms with van der Waals surface area (Å²) in [6, 6.07) is 18.3. The van der Waals surface area contributed by atoms with E-state index in [4.69, 9.17) is 9.47 Å². The van der Waals surface area contributed by atoms with Gasteiger partial charge >= 0.3 is 0 Å². The van der Waals surface area contributed by atoms with Crippen LogP contribution in [0.15, 0.2) is 72.3 Å². The van der Waals surface area contributed by atoms with E-state index in [2.05, 4.69) is 13.8 Å². The van der Waals surface area contributed by atoms with E-state index in [0.717, 1.165) is 16.9 Å². The average molecular weight is 544 g/mol. The topological polar surface area (TPSA) is 96.3 Å². The summed E-state index contributed by atoms with van der Waals surface area (Å²) < 4.78 is 11.3. The van der Waals surface area contributed by atoms with Crippen molar-refractivity contribution in [1.29, 1.82) is 0 Å². The molecule has 1 aliphatic heterocycles. The molecule has 3 aromatic carbocycles. The highest BCUT2D eigenvalue weighted by molar-refractivity contribution is 6.46. The summed E-state index contributed by atoms with van der Waals surface area (Å²) >= 11 is 0. The molecule has 0 aliphatic carbocycles. The third-order valence-electron chi connectivity index (χ3n) is 6.93. The number of rotatable bonds is 8. The summed E-state index contributed by atoms with van der Waals surface area (Å²) in [4.78, 5) is 28.4. The highest BCUT2D eigenvalue weighted by Crippen LogP contribution is 2.42. The molecule has 2 N–H and O–H groups in total. The summed E-state index contributed by atoms with van der Waals surface area (Å²) in [5.74, 6) is -0.254. The number of likely N-dealkylation sites (tertiary alicyclic amines) is 1. The first-order valence-corrected chi connectivity index (χ1v) is 13.4. The maximum atomic E-state index is 13.5. The Bertz CT molecular complexity index is 1410. The number of phenols is 1. The molecule has 1 unspecified atom stereocenters. The third-order valence-corrected chi connectivity index (χ3v) is 6.93. The third kappa shape index (κ3) is 5.98. The van der Waals surface area contributed by atoms with Gasteiger partial charge < -0.3 is 24.6 Å². The number of amides is 1. The lowest BCUT2D eigenvalue weighted by Gasteiger charge is -2.26. The number of benzene rings is 3. The second kappa shape index (κ2) is 11.5. The van der Waals surface area contributed by atoms with E-state index < -0.39 is 17.7 Å². The first-order chi connectivity index (χ1) is 18.9. The van der Waals surface area contributed by atoms with Gasteiger partial charge in [0, 0.05) is 6.54 Å². The molecule has 7 nitrogen and oxygen atoms in total. The summed E-state index contributed by atoms with van der Waals surface area (Å²) in [5.41, 5.74) is 2.40. The molecule has 40 heavy (non-hydrogen) atoms. The van der Waals surface area contributed by atoms with Gasteiger partial charge in [-0.15, -0.1) is 0 Å². The van der Waals surface area contributed by atoms with Gasteiger partial charge in [0.2, 0.25) is 0 Å². The number of nitrogens with zero attached hydrogens (tertiary/aromatic N) is 1. The Kier molecular flexibility index (Phi) is 8.24. The summed E-state index contributed by atoms with van der Waals surface area (Å²) in [6.07, 6.45) is 0. The SMILES string of the molecule is COc1ccc(C(C)(C)C)cc1/C(O)=C1\C(=O)C(=O)N(Cc2ccc(OCC(C)C)cc2)C1c1ccc(O)cc1. The van der Waals surface area contributed by atoms with Crippen LogP contribution in [0.4, 0.5) is 0 Å². The number of methoxy groups -OCH3 is 1. The first kappa shape index (κ1) is 28.7. The average Bonchev–Trinajstić information content (AvgIpc) is 3.16. The van der Waals surface area contributed by atoms with Gasteiger partial charge in [0.05, 0.1) is 30.9 Å². The normalized spacial score (nSPS) is 17.0. The van der Waals surface area contributed by atoms with Gasteiger partial charge in [-0.1, -0.05) is 65.0 Å². The zero-order valence-electron chi connectivity index (χ0n) is 23.9.